The molecule has 0 unspecified atom stereocenters. The van der Waals surface area contributed by atoms with Crippen molar-refractivity contribution in [2.75, 3.05) is 18.9 Å². The minimum absolute atomic E-state index is 0.0372. The number of aromatic nitrogens is 1. The average molecular weight is 320 g/mol. The molecule has 8 heteroatoms. The number of anilines is 1. The molecule has 0 spiro atoms. The molecule has 22 heavy (non-hydrogen) atoms. The number of nitro benzene ring substituents is 1. The van der Waals surface area contributed by atoms with Gasteiger partial charge in [-0.15, -0.1) is 11.3 Å². The summed E-state index contributed by atoms with van der Waals surface area (Å²) in [5.41, 5.74) is 1.08. The lowest BCUT2D eigenvalue weighted by Gasteiger charge is -2.17. The molecule has 0 saturated carbocycles. The Morgan fingerprint density at radius 1 is 1.50 bits per heavy atom. The first kappa shape index (κ1) is 15.9. The Hall–Kier alpha value is -2.48. The van der Waals surface area contributed by atoms with Gasteiger partial charge in [-0.05, 0) is 19.1 Å². The monoisotopic (exact) mass is 320 g/mol. The molecular weight excluding hydrogens is 304 g/mol. The molecule has 0 aliphatic rings. The normalized spacial score (nSPS) is 10.3. The van der Waals surface area contributed by atoms with Crippen molar-refractivity contribution in [3.63, 3.8) is 0 Å². The van der Waals surface area contributed by atoms with Crippen molar-refractivity contribution < 1.29 is 9.72 Å². The van der Waals surface area contributed by atoms with E-state index in [-0.39, 0.29) is 11.7 Å². The molecule has 0 fully saturated rings. The first-order valence-corrected chi connectivity index (χ1v) is 7.51. The Morgan fingerprint density at radius 3 is 2.86 bits per heavy atom. The summed E-state index contributed by atoms with van der Waals surface area (Å²) in [5.74, 6) is 0. The van der Waals surface area contributed by atoms with Crippen molar-refractivity contribution in [1.82, 2.24) is 9.88 Å². The molecule has 0 radical (unpaired) electrons. The van der Waals surface area contributed by atoms with Gasteiger partial charge in [-0.25, -0.2) is 9.78 Å². The van der Waals surface area contributed by atoms with Crippen molar-refractivity contribution >= 4 is 28.7 Å². The third-order valence-electron chi connectivity index (χ3n) is 3.14. The van der Waals surface area contributed by atoms with E-state index in [1.807, 2.05) is 5.38 Å². The lowest BCUT2D eigenvalue weighted by Crippen LogP contribution is -2.33. The second-order valence-electron chi connectivity index (χ2n) is 4.79. The lowest BCUT2D eigenvalue weighted by molar-refractivity contribution is -0.385. The number of nitrogens with one attached hydrogen (secondary N) is 1. The molecule has 0 bridgehead atoms. The quantitative estimate of drug-likeness (QED) is 0.677. The number of hydrogen-bond donors (Lipinski definition) is 1. The van der Waals surface area contributed by atoms with Gasteiger partial charge in [-0.3, -0.25) is 10.1 Å². The number of carbonyl (C=O) groups excluding carboxylic acids is 1. The number of aryl methyl sites for hydroxylation is 1. The highest BCUT2D eigenvalue weighted by Crippen LogP contribution is 2.21. The zero-order valence-electron chi connectivity index (χ0n) is 12.3. The van der Waals surface area contributed by atoms with Crippen LogP contribution in [0.5, 0.6) is 0 Å². The number of amides is 2. The van der Waals surface area contributed by atoms with E-state index in [9.17, 15) is 14.9 Å². The number of nitrogens with zero attached hydrogens (tertiary/aromatic N) is 3. The highest BCUT2D eigenvalue weighted by molar-refractivity contribution is 7.09. The number of likely N-dealkylation sites (N-methyl/N-ethyl adjacent to an activating group) is 1. The summed E-state index contributed by atoms with van der Waals surface area (Å²) in [6.45, 7) is 2.19. The minimum Gasteiger partial charge on any atom is -0.327 e. The van der Waals surface area contributed by atoms with E-state index in [0.29, 0.717) is 24.2 Å². The number of thiazole rings is 1. The van der Waals surface area contributed by atoms with E-state index in [4.69, 9.17) is 0 Å². The summed E-state index contributed by atoms with van der Waals surface area (Å²) in [6.07, 6.45) is 2.43. The molecule has 2 rings (SSSR count). The molecule has 0 aliphatic carbocycles. The molecule has 2 aromatic rings. The van der Waals surface area contributed by atoms with Crippen molar-refractivity contribution in [1.29, 1.82) is 0 Å². The van der Waals surface area contributed by atoms with Crippen LogP contribution in [-0.2, 0) is 6.42 Å². The predicted octanol–water partition coefficient (Wildman–Crippen LogP) is 3.07. The zero-order chi connectivity index (χ0) is 16.1. The number of rotatable bonds is 5. The van der Waals surface area contributed by atoms with Crippen LogP contribution in [0.25, 0.3) is 0 Å². The molecule has 7 nitrogen and oxygen atoms in total. The van der Waals surface area contributed by atoms with Crippen LogP contribution in [-0.4, -0.2) is 34.4 Å². The fourth-order valence-corrected chi connectivity index (χ4v) is 2.51. The Labute approximate surface area is 131 Å². The number of nitro groups is 1. The minimum atomic E-state index is -0.443. The fourth-order valence-electron chi connectivity index (χ4n) is 1.90. The standard InChI is InChI=1S/C14H16N4O3S/c1-10-9-11(3-4-12(10)18(20)21)16-14(19)17(2)7-5-13-15-6-8-22-13/h3-4,6,8-9H,5,7H2,1-2H3,(H,16,19). The van der Waals surface area contributed by atoms with Crippen LogP contribution in [0.1, 0.15) is 10.6 Å². The first-order valence-electron chi connectivity index (χ1n) is 6.63. The van der Waals surface area contributed by atoms with Gasteiger partial charge in [-0.1, -0.05) is 0 Å². The molecule has 1 heterocycles. The number of benzene rings is 1. The summed E-state index contributed by atoms with van der Waals surface area (Å²) in [7, 11) is 1.70. The van der Waals surface area contributed by atoms with Gasteiger partial charge < -0.3 is 10.2 Å². The van der Waals surface area contributed by atoms with Gasteiger partial charge in [0.15, 0.2) is 0 Å². The maximum Gasteiger partial charge on any atom is 0.321 e. The molecule has 1 aromatic heterocycles. The third kappa shape index (κ3) is 4.01. The Balaban J connectivity index is 1.93. The lowest BCUT2D eigenvalue weighted by atomic mass is 10.2. The van der Waals surface area contributed by atoms with Crippen molar-refractivity contribution in [3.8, 4) is 0 Å². The number of urea groups is 1. The highest BCUT2D eigenvalue weighted by atomic mass is 32.1. The van der Waals surface area contributed by atoms with Gasteiger partial charge in [0.1, 0.15) is 0 Å². The van der Waals surface area contributed by atoms with Crippen LogP contribution >= 0.6 is 11.3 Å². The molecule has 0 atom stereocenters. The number of hydrogen-bond acceptors (Lipinski definition) is 5. The fraction of sp³-hybridized carbons (Fsp3) is 0.286. The van der Waals surface area contributed by atoms with E-state index in [0.717, 1.165) is 5.01 Å². The molecular formula is C14H16N4O3S. The maximum atomic E-state index is 12.1. The average Bonchev–Trinajstić information content (AvgIpc) is 2.97. The van der Waals surface area contributed by atoms with E-state index in [1.54, 1.807) is 42.5 Å². The third-order valence-corrected chi connectivity index (χ3v) is 3.98. The van der Waals surface area contributed by atoms with E-state index in [2.05, 4.69) is 10.3 Å². The van der Waals surface area contributed by atoms with Gasteiger partial charge >= 0.3 is 6.03 Å². The number of carbonyl (C=O) groups is 1. The van der Waals surface area contributed by atoms with Gasteiger partial charge in [0.25, 0.3) is 5.69 Å². The van der Waals surface area contributed by atoms with Crippen molar-refractivity contribution in [3.05, 3.63) is 50.5 Å². The van der Waals surface area contributed by atoms with Crippen LogP contribution in [0.4, 0.5) is 16.2 Å². The van der Waals surface area contributed by atoms with Crippen molar-refractivity contribution in [2.45, 2.75) is 13.3 Å². The maximum absolute atomic E-state index is 12.1. The summed E-state index contributed by atoms with van der Waals surface area (Å²) >= 11 is 1.55. The smallest absolute Gasteiger partial charge is 0.321 e. The van der Waals surface area contributed by atoms with Gasteiger partial charge in [0.2, 0.25) is 0 Å². The van der Waals surface area contributed by atoms with E-state index < -0.39 is 4.92 Å². The topological polar surface area (TPSA) is 88.4 Å². The Morgan fingerprint density at radius 2 is 2.27 bits per heavy atom. The van der Waals surface area contributed by atoms with Crippen LogP contribution < -0.4 is 5.32 Å². The van der Waals surface area contributed by atoms with Gasteiger partial charge in [0, 0.05) is 48.9 Å². The van der Waals surface area contributed by atoms with E-state index >= 15 is 0 Å². The second kappa shape index (κ2) is 6.99. The summed E-state index contributed by atoms with van der Waals surface area (Å²) < 4.78 is 0. The van der Waals surface area contributed by atoms with Crippen LogP contribution in [0.3, 0.4) is 0 Å². The Kier molecular flexibility index (Phi) is 5.05. The van der Waals surface area contributed by atoms with Crippen LogP contribution in [0.15, 0.2) is 29.8 Å². The highest BCUT2D eigenvalue weighted by Gasteiger charge is 2.13. The van der Waals surface area contributed by atoms with Crippen LogP contribution in [0.2, 0.25) is 0 Å². The molecule has 1 aromatic carbocycles. The molecule has 0 saturated heterocycles. The van der Waals surface area contributed by atoms with Crippen molar-refractivity contribution in [2.24, 2.45) is 0 Å². The SMILES string of the molecule is Cc1cc(NC(=O)N(C)CCc2nccs2)ccc1[N+](=O)[O-]. The molecule has 116 valence electrons. The zero-order valence-corrected chi connectivity index (χ0v) is 13.1. The van der Waals surface area contributed by atoms with Crippen LogP contribution in [0, 0.1) is 17.0 Å². The van der Waals surface area contributed by atoms with Gasteiger partial charge in [-0.2, -0.15) is 0 Å². The van der Waals surface area contributed by atoms with Gasteiger partial charge in [0.05, 0.1) is 9.93 Å². The summed E-state index contributed by atoms with van der Waals surface area (Å²) in [4.78, 5) is 28.1. The molecule has 0 aliphatic heterocycles. The Bertz CT molecular complexity index is 673. The molecule has 2 amide bonds. The second-order valence-corrected chi connectivity index (χ2v) is 5.77. The summed E-state index contributed by atoms with van der Waals surface area (Å²) in [5, 5.41) is 16.4. The predicted molar refractivity (Wildman–Crippen MR) is 85.3 cm³/mol. The largest absolute Gasteiger partial charge is 0.327 e. The summed E-state index contributed by atoms with van der Waals surface area (Å²) in [6, 6.07) is 4.24. The molecule has 1 N–H and O–H groups in total. The van der Waals surface area contributed by atoms with E-state index in [1.165, 1.54) is 12.1 Å². The first-order chi connectivity index (χ1) is 10.5.